The fourth-order valence-electron chi connectivity index (χ4n) is 1.82. The summed E-state index contributed by atoms with van der Waals surface area (Å²) in [5.41, 5.74) is 4.95. The molecule has 0 saturated carbocycles. The predicted octanol–water partition coefficient (Wildman–Crippen LogP) is 2.60. The number of nitrogens with two attached hydrogens (primary N) is 1. The number of nitrogens with zero attached hydrogens (tertiary/aromatic N) is 1. The molecule has 0 fully saturated rings. The Balaban J connectivity index is 3.37. The zero-order valence-corrected chi connectivity index (χ0v) is 12.8. The van der Waals surface area contributed by atoms with Crippen molar-refractivity contribution in [1.29, 1.82) is 0 Å². The van der Waals surface area contributed by atoms with Crippen molar-refractivity contribution in [2.24, 2.45) is 5.92 Å². The number of anilines is 1. The summed E-state index contributed by atoms with van der Waals surface area (Å²) in [4.78, 5) is -0.592. The highest BCUT2D eigenvalue weighted by Crippen LogP contribution is 2.26. The fraction of sp³-hybridized carbons (Fsp3) is 0.538. The number of sulfonamides is 1. The average Bonchev–Trinajstić information content (AvgIpc) is 2.29. The Kier molecular flexibility index (Phi) is 5.10. The molecule has 114 valence electrons. The number of halogens is 2. The molecule has 0 spiro atoms. The molecule has 0 aliphatic carbocycles. The molecule has 1 aromatic rings. The lowest BCUT2D eigenvalue weighted by atomic mass is 10.2. The van der Waals surface area contributed by atoms with Gasteiger partial charge in [0.15, 0.2) is 0 Å². The first kappa shape index (κ1) is 16.8. The summed E-state index contributed by atoms with van der Waals surface area (Å²) in [6.45, 7) is 7.37. The van der Waals surface area contributed by atoms with Crippen molar-refractivity contribution in [1.82, 2.24) is 4.31 Å². The van der Waals surface area contributed by atoms with Crippen LogP contribution in [0.4, 0.5) is 14.5 Å². The van der Waals surface area contributed by atoms with Crippen LogP contribution in [0.3, 0.4) is 0 Å². The zero-order chi connectivity index (χ0) is 15.7. The minimum absolute atomic E-state index is 0.0769. The Morgan fingerprint density at radius 1 is 1.15 bits per heavy atom. The van der Waals surface area contributed by atoms with Gasteiger partial charge in [0.2, 0.25) is 10.0 Å². The van der Waals surface area contributed by atoms with E-state index in [0.717, 1.165) is 6.07 Å². The lowest BCUT2D eigenvalue weighted by Gasteiger charge is -2.27. The molecule has 1 aromatic carbocycles. The Morgan fingerprint density at radius 3 is 2.15 bits per heavy atom. The second-order valence-electron chi connectivity index (χ2n) is 5.37. The minimum atomic E-state index is -4.05. The smallest absolute Gasteiger partial charge is 0.246 e. The lowest BCUT2D eigenvalue weighted by Crippen LogP contribution is -2.39. The normalized spacial score (nSPS) is 12.7. The summed E-state index contributed by atoms with van der Waals surface area (Å²) in [7, 11) is -4.05. The number of rotatable bonds is 5. The van der Waals surface area contributed by atoms with E-state index in [1.165, 1.54) is 4.31 Å². The van der Waals surface area contributed by atoms with Crippen molar-refractivity contribution in [3.05, 3.63) is 23.8 Å². The lowest BCUT2D eigenvalue weighted by molar-refractivity contribution is 0.317. The van der Waals surface area contributed by atoms with Gasteiger partial charge in [-0.15, -0.1) is 0 Å². The predicted molar refractivity (Wildman–Crippen MR) is 74.6 cm³/mol. The molecule has 0 heterocycles. The molecule has 2 N–H and O–H groups in total. The molecule has 0 radical (unpaired) electrons. The minimum Gasteiger partial charge on any atom is -0.396 e. The monoisotopic (exact) mass is 306 g/mol. The van der Waals surface area contributed by atoms with E-state index in [9.17, 15) is 17.2 Å². The Labute approximate surface area is 118 Å². The topological polar surface area (TPSA) is 63.4 Å². The van der Waals surface area contributed by atoms with Gasteiger partial charge < -0.3 is 5.73 Å². The van der Waals surface area contributed by atoms with Crippen molar-refractivity contribution in [3.63, 3.8) is 0 Å². The van der Waals surface area contributed by atoms with Crippen LogP contribution in [-0.2, 0) is 10.0 Å². The van der Waals surface area contributed by atoms with E-state index in [2.05, 4.69) is 0 Å². The van der Waals surface area contributed by atoms with Crippen LogP contribution < -0.4 is 5.73 Å². The maximum atomic E-state index is 13.8. The van der Waals surface area contributed by atoms with E-state index in [1.807, 2.05) is 13.8 Å². The third-order valence-corrected chi connectivity index (χ3v) is 4.82. The summed E-state index contributed by atoms with van der Waals surface area (Å²) in [5.74, 6) is -2.03. The van der Waals surface area contributed by atoms with Crippen molar-refractivity contribution >= 4 is 15.7 Å². The number of hydrogen-bond acceptors (Lipinski definition) is 3. The van der Waals surface area contributed by atoms with Crippen LogP contribution in [-0.4, -0.2) is 25.3 Å². The molecule has 0 aliphatic heterocycles. The maximum Gasteiger partial charge on any atom is 0.246 e. The molecule has 4 nitrogen and oxygen atoms in total. The molecule has 0 amide bonds. The van der Waals surface area contributed by atoms with Gasteiger partial charge in [-0.25, -0.2) is 17.2 Å². The second-order valence-corrected chi connectivity index (χ2v) is 7.23. The molecule has 0 unspecified atom stereocenters. The molecule has 0 aliphatic rings. The van der Waals surface area contributed by atoms with E-state index in [4.69, 9.17) is 5.73 Å². The Hall–Kier alpha value is -1.21. The quantitative estimate of drug-likeness (QED) is 0.851. The van der Waals surface area contributed by atoms with E-state index in [-0.39, 0.29) is 18.5 Å². The van der Waals surface area contributed by atoms with Crippen LogP contribution in [0.25, 0.3) is 0 Å². The summed E-state index contributed by atoms with van der Waals surface area (Å²) >= 11 is 0. The van der Waals surface area contributed by atoms with Gasteiger partial charge in [-0.1, -0.05) is 13.8 Å². The molecular formula is C13H20F2N2O2S. The van der Waals surface area contributed by atoms with Crippen LogP contribution >= 0.6 is 0 Å². The van der Waals surface area contributed by atoms with Gasteiger partial charge in [0.25, 0.3) is 0 Å². The fourth-order valence-corrected chi connectivity index (χ4v) is 3.70. The SMILES string of the molecule is CC(C)CN(C(C)C)S(=O)(=O)c1cc(N)c(F)cc1F. The first-order valence-electron chi connectivity index (χ1n) is 6.33. The Morgan fingerprint density at radius 2 is 1.70 bits per heavy atom. The standard InChI is InChI=1S/C13H20F2N2O2S/c1-8(2)7-17(9(3)4)20(18,19)13-6-12(16)10(14)5-11(13)15/h5-6,8-9H,7,16H2,1-4H3. The molecule has 0 atom stereocenters. The summed E-state index contributed by atoms with van der Waals surface area (Å²) in [6.07, 6.45) is 0. The average molecular weight is 306 g/mol. The van der Waals surface area contributed by atoms with Gasteiger partial charge in [0, 0.05) is 18.7 Å². The summed E-state index contributed by atoms with van der Waals surface area (Å²) in [6, 6.07) is 0.985. The van der Waals surface area contributed by atoms with Crippen LogP contribution in [0.5, 0.6) is 0 Å². The van der Waals surface area contributed by atoms with E-state index in [0.29, 0.717) is 6.07 Å². The highest BCUT2D eigenvalue weighted by atomic mass is 32.2. The first-order valence-corrected chi connectivity index (χ1v) is 7.77. The van der Waals surface area contributed by atoms with Crippen molar-refractivity contribution in [3.8, 4) is 0 Å². The van der Waals surface area contributed by atoms with Crippen LogP contribution in [0.15, 0.2) is 17.0 Å². The summed E-state index contributed by atoms with van der Waals surface area (Å²) in [5, 5.41) is 0. The second kappa shape index (κ2) is 6.05. The number of hydrogen-bond donors (Lipinski definition) is 1. The van der Waals surface area contributed by atoms with Crippen LogP contribution in [0, 0.1) is 17.6 Å². The molecule has 0 bridgehead atoms. The molecule has 0 aromatic heterocycles. The van der Waals surface area contributed by atoms with Gasteiger partial charge >= 0.3 is 0 Å². The molecular weight excluding hydrogens is 286 g/mol. The van der Waals surface area contributed by atoms with E-state index in [1.54, 1.807) is 13.8 Å². The van der Waals surface area contributed by atoms with Gasteiger partial charge in [0.1, 0.15) is 16.5 Å². The first-order chi connectivity index (χ1) is 9.07. The van der Waals surface area contributed by atoms with Gasteiger partial charge in [-0.2, -0.15) is 4.31 Å². The highest BCUT2D eigenvalue weighted by molar-refractivity contribution is 7.89. The van der Waals surface area contributed by atoms with Gasteiger partial charge in [0.05, 0.1) is 5.69 Å². The molecule has 0 saturated heterocycles. The molecule has 20 heavy (non-hydrogen) atoms. The maximum absolute atomic E-state index is 13.8. The third kappa shape index (κ3) is 3.46. The number of nitrogen functional groups attached to an aromatic ring is 1. The number of benzene rings is 1. The summed E-state index contributed by atoms with van der Waals surface area (Å²) < 4.78 is 53.1. The van der Waals surface area contributed by atoms with Crippen LogP contribution in [0.1, 0.15) is 27.7 Å². The van der Waals surface area contributed by atoms with Crippen molar-refractivity contribution < 1.29 is 17.2 Å². The van der Waals surface area contributed by atoms with Gasteiger partial charge in [-0.05, 0) is 25.8 Å². The van der Waals surface area contributed by atoms with E-state index >= 15 is 0 Å². The van der Waals surface area contributed by atoms with Crippen molar-refractivity contribution in [2.75, 3.05) is 12.3 Å². The van der Waals surface area contributed by atoms with E-state index < -0.39 is 32.2 Å². The van der Waals surface area contributed by atoms with Crippen molar-refractivity contribution in [2.45, 2.75) is 38.6 Å². The highest BCUT2D eigenvalue weighted by Gasteiger charge is 2.30. The van der Waals surface area contributed by atoms with Crippen LogP contribution in [0.2, 0.25) is 0 Å². The molecule has 1 rings (SSSR count). The van der Waals surface area contributed by atoms with Gasteiger partial charge in [-0.3, -0.25) is 0 Å². The Bertz CT molecular complexity index is 586. The zero-order valence-electron chi connectivity index (χ0n) is 12.0. The molecule has 7 heteroatoms. The third-order valence-electron chi connectivity index (χ3n) is 2.76. The largest absolute Gasteiger partial charge is 0.396 e.